The van der Waals surface area contributed by atoms with E-state index in [0.29, 0.717) is 19.1 Å². The number of carbonyl (C=O) groups excluding carboxylic acids is 1. The van der Waals surface area contributed by atoms with E-state index in [9.17, 15) is 20.0 Å². The molecule has 0 amide bonds. The zero-order chi connectivity index (χ0) is 11.4. The van der Waals surface area contributed by atoms with Crippen LogP contribution in [0.15, 0.2) is 0 Å². The van der Waals surface area contributed by atoms with Gasteiger partial charge in [-0.3, -0.25) is 10.1 Å². The van der Waals surface area contributed by atoms with Gasteiger partial charge in [-0.15, -0.1) is 0 Å². The molecule has 1 N–H and O–H groups in total. The molecule has 0 saturated heterocycles. The number of nitrogens with zero attached hydrogens (tertiary/aromatic N) is 1. The maximum absolute atomic E-state index is 10.8. The van der Waals surface area contributed by atoms with Crippen LogP contribution in [0.25, 0.3) is 0 Å². The fourth-order valence-electron chi connectivity index (χ4n) is 2.00. The van der Waals surface area contributed by atoms with Crippen molar-refractivity contribution in [2.24, 2.45) is 5.92 Å². The van der Waals surface area contributed by atoms with Gasteiger partial charge >= 0.3 is 0 Å². The molecule has 0 bridgehead atoms. The highest BCUT2D eigenvalue weighted by atomic mass is 16.6. The molecule has 0 spiro atoms. The van der Waals surface area contributed by atoms with Gasteiger partial charge in [-0.25, -0.2) is 0 Å². The first-order chi connectivity index (χ1) is 7.11. The van der Waals surface area contributed by atoms with Crippen molar-refractivity contribution in [3.05, 3.63) is 10.1 Å². The van der Waals surface area contributed by atoms with Crippen molar-refractivity contribution < 1.29 is 19.6 Å². The largest absolute Gasteiger partial charge is 0.390 e. The van der Waals surface area contributed by atoms with Crippen LogP contribution in [0.1, 0.15) is 19.8 Å². The molecule has 0 aromatic heterocycles. The van der Waals surface area contributed by atoms with Gasteiger partial charge in [0.25, 0.3) is 6.04 Å². The first kappa shape index (κ1) is 12.1. The van der Waals surface area contributed by atoms with E-state index in [0.717, 1.165) is 0 Å². The summed E-state index contributed by atoms with van der Waals surface area (Å²) in [5.41, 5.74) is 0. The molecule has 1 fully saturated rings. The Labute approximate surface area is 87.4 Å². The minimum atomic E-state index is -1.12. The van der Waals surface area contributed by atoms with Crippen LogP contribution in [0.5, 0.6) is 0 Å². The number of nitro groups is 1. The monoisotopic (exact) mass is 217 g/mol. The first-order valence-corrected chi connectivity index (χ1v) is 5.00. The van der Waals surface area contributed by atoms with Crippen molar-refractivity contribution in [2.75, 3.05) is 6.61 Å². The summed E-state index contributed by atoms with van der Waals surface area (Å²) in [5.74, 6) is -0.653. The normalized spacial score (nSPS) is 36.1. The van der Waals surface area contributed by atoms with Crippen molar-refractivity contribution in [2.45, 2.75) is 38.0 Å². The van der Waals surface area contributed by atoms with Gasteiger partial charge in [0.2, 0.25) is 0 Å². The second-order valence-electron chi connectivity index (χ2n) is 3.64. The van der Waals surface area contributed by atoms with Crippen molar-refractivity contribution in [1.29, 1.82) is 0 Å². The quantitative estimate of drug-likeness (QED) is 0.407. The summed E-state index contributed by atoms with van der Waals surface area (Å²) < 4.78 is 5.15. The van der Waals surface area contributed by atoms with E-state index >= 15 is 0 Å². The van der Waals surface area contributed by atoms with Crippen LogP contribution in [0, 0.1) is 16.0 Å². The summed E-state index contributed by atoms with van der Waals surface area (Å²) in [4.78, 5) is 21.0. The number of carbonyl (C=O) groups is 1. The molecule has 15 heavy (non-hydrogen) atoms. The van der Waals surface area contributed by atoms with Gasteiger partial charge in [0.05, 0.1) is 12.0 Å². The van der Waals surface area contributed by atoms with Crippen LogP contribution in [0.4, 0.5) is 0 Å². The number of hydrogen-bond donors (Lipinski definition) is 1. The Morgan fingerprint density at radius 1 is 1.60 bits per heavy atom. The first-order valence-electron chi connectivity index (χ1n) is 5.00. The number of aliphatic hydroxyl groups excluding tert-OH is 1. The van der Waals surface area contributed by atoms with E-state index in [1.807, 2.05) is 0 Å². The highest BCUT2D eigenvalue weighted by Gasteiger charge is 2.47. The minimum Gasteiger partial charge on any atom is -0.390 e. The van der Waals surface area contributed by atoms with Crippen LogP contribution < -0.4 is 0 Å². The van der Waals surface area contributed by atoms with Crippen LogP contribution >= 0.6 is 0 Å². The predicted molar refractivity (Wildman–Crippen MR) is 51.0 cm³/mol. The van der Waals surface area contributed by atoms with Gasteiger partial charge in [-0.1, -0.05) is 0 Å². The van der Waals surface area contributed by atoms with E-state index in [1.54, 1.807) is 6.92 Å². The van der Waals surface area contributed by atoms with E-state index in [2.05, 4.69) is 0 Å². The maximum Gasteiger partial charge on any atom is 0.250 e. The summed E-state index contributed by atoms with van der Waals surface area (Å²) in [5, 5.41) is 20.4. The summed E-state index contributed by atoms with van der Waals surface area (Å²) in [6, 6.07) is -1.12. The molecule has 6 heteroatoms. The van der Waals surface area contributed by atoms with Crippen molar-refractivity contribution >= 4 is 6.29 Å². The molecule has 1 saturated carbocycles. The number of rotatable bonds is 4. The van der Waals surface area contributed by atoms with Gasteiger partial charge in [-0.2, -0.15) is 0 Å². The average Bonchev–Trinajstić information content (AvgIpc) is 2.20. The lowest BCUT2D eigenvalue weighted by molar-refractivity contribution is -0.547. The maximum atomic E-state index is 10.8. The highest BCUT2D eigenvalue weighted by molar-refractivity contribution is 5.55. The molecule has 1 aliphatic rings. The third-order valence-corrected chi connectivity index (χ3v) is 2.73. The van der Waals surface area contributed by atoms with Gasteiger partial charge < -0.3 is 14.6 Å². The molecule has 86 valence electrons. The minimum absolute atomic E-state index is 0.289. The zero-order valence-electron chi connectivity index (χ0n) is 8.54. The Morgan fingerprint density at radius 3 is 2.73 bits per heavy atom. The van der Waals surface area contributed by atoms with Crippen LogP contribution in [0.2, 0.25) is 0 Å². The number of aldehydes is 1. The third kappa shape index (κ3) is 2.51. The van der Waals surface area contributed by atoms with Crippen LogP contribution in [-0.4, -0.2) is 41.2 Å². The van der Waals surface area contributed by atoms with Gasteiger partial charge in [0.1, 0.15) is 6.29 Å². The van der Waals surface area contributed by atoms with Gasteiger partial charge in [0, 0.05) is 11.5 Å². The lowest BCUT2D eigenvalue weighted by Gasteiger charge is -2.32. The Morgan fingerprint density at radius 2 is 2.27 bits per heavy atom. The fraction of sp³-hybridized carbons (Fsp3) is 0.889. The lowest BCUT2D eigenvalue weighted by Crippen LogP contribution is -2.52. The Bertz CT molecular complexity index is 245. The Hall–Kier alpha value is -1.01. The average molecular weight is 217 g/mol. The van der Waals surface area contributed by atoms with E-state index < -0.39 is 29.1 Å². The second-order valence-corrected chi connectivity index (χ2v) is 3.64. The summed E-state index contributed by atoms with van der Waals surface area (Å²) in [6.45, 7) is 1.99. The van der Waals surface area contributed by atoms with Gasteiger partial charge in [0.15, 0.2) is 6.10 Å². The molecular weight excluding hydrogens is 202 g/mol. The molecule has 4 atom stereocenters. The molecule has 0 aliphatic heterocycles. The number of ether oxygens (including phenoxy) is 1. The van der Waals surface area contributed by atoms with E-state index in [-0.39, 0.29) is 6.61 Å². The second kappa shape index (κ2) is 5.18. The molecule has 1 rings (SSSR count). The number of aliphatic hydroxyl groups is 1. The predicted octanol–water partition coefficient (Wildman–Crippen LogP) is 0.00660. The van der Waals surface area contributed by atoms with Crippen LogP contribution in [0.3, 0.4) is 0 Å². The standard InChI is InChI=1S/C9H15NO5/c1-2-15-9-7(12)4-3-6(5-11)8(9)10(13)14/h5-9,12H,2-4H2,1H3. The SMILES string of the molecule is CCOC1C(O)CCC(C=O)C1[N+](=O)[O-]. The molecule has 0 aromatic carbocycles. The molecule has 4 unspecified atom stereocenters. The number of hydrogen-bond acceptors (Lipinski definition) is 5. The van der Waals surface area contributed by atoms with E-state index in [1.165, 1.54) is 0 Å². The third-order valence-electron chi connectivity index (χ3n) is 2.73. The molecular formula is C9H15NO5. The molecule has 0 aromatic rings. The molecule has 0 heterocycles. The van der Waals surface area contributed by atoms with Crippen LogP contribution in [-0.2, 0) is 9.53 Å². The molecule has 0 radical (unpaired) electrons. The Balaban J connectivity index is 2.84. The topological polar surface area (TPSA) is 89.7 Å². The highest BCUT2D eigenvalue weighted by Crippen LogP contribution is 2.28. The zero-order valence-corrected chi connectivity index (χ0v) is 8.54. The van der Waals surface area contributed by atoms with Crippen molar-refractivity contribution in [3.8, 4) is 0 Å². The van der Waals surface area contributed by atoms with Crippen molar-refractivity contribution in [1.82, 2.24) is 0 Å². The summed E-state index contributed by atoms with van der Waals surface area (Å²) >= 11 is 0. The summed E-state index contributed by atoms with van der Waals surface area (Å²) in [7, 11) is 0. The smallest absolute Gasteiger partial charge is 0.250 e. The lowest BCUT2D eigenvalue weighted by atomic mass is 9.82. The molecule has 1 aliphatic carbocycles. The fourth-order valence-corrected chi connectivity index (χ4v) is 2.00. The summed E-state index contributed by atoms with van der Waals surface area (Å²) in [6.07, 6.45) is -0.408. The Kier molecular flexibility index (Phi) is 4.16. The molecule has 6 nitrogen and oxygen atoms in total. The van der Waals surface area contributed by atoms with Crippen molar-refractivity contribution in [3.63, 3.8) is 0 Å². The van der Waals surface area contributed by atoms with Gasteiger partial charge in [-0.05, 0) is 19.8 Å². The van der Waals surface area contributed by atoms with E-state index in [4.69, 9.17) is 4.74 Å².